The number of aromatic nitrogens is 2. The Balaban J connectivity index is 1.99. The summed E-state index contributed by atoms with van der Waals surface area (Å²) in [6, 6.07) is 16.1. The summed E-state index contributed by atoms with van der Waals surface area (Å²) in [5.41, 5.74) is 3.73. The minimum absolute atomic E-state index is 0.0634. The van der Waals surface area contributed by atoms with E-state index < -0.39 is 11.5 Å². The number of aryl methyl sites for hydroxylation is 1. The Morgan fingerprint density at radius 1 is 1.20 bits per heavy atom. The minimum Gasteiger partial charge on any atom is -0.496 e. The van der Waals surface area contributed by atoms with Crippen molar-refractivity contribution in [1.29, 1.82) is 5.26 Å². The number of para-hydroxylation sites is 2. The minimum atomic E-state index is -0.641. The Kier molecular flexibility index (Phi) is 6.03. The molecule has 1 aromatic heterocycles. The average molecular weight is 401 g/mol. The Labute approximate surface area is 173 Å². The number of rotatable bonds is 5. The second kappa shape index (κ2) is 8.84. The van der Waals surface area contributed by atoms with Crippen molar-refractivity contribution in [1.82, 2.24) is 15.2 Å². The first-order chi connectivity index (χ1) is 14.5. The molecule has 3 aromatic rings. The Morgan fingerprint density at radius 3 is 2.60 bits per heavy atom. The van der Waals surface area contributed by atoms with Gasteiger partial charge in [0.2, 0.25) is 0 Å². The van der Waals surface area contributed by atoms with E-state index in [-0.39, 0.29) is 16.8 Å². The predicted octanol–water partition coefficient (Wildman–Crippen LogP) is 2.49. The zero-order chi connectivity index (χ0) is 21.7. The highest BCUT2D eigenvalue weighted by Gasteiger charge is 2.20. The standard InChI is InChI=1S/C22H19N5O3/c1-14-8-4-6-10-18(14)27-22(29)17(12-23)15(2)20(26-27)21(28)25-24-13-16-9-5-7-11-19(16)30-3/h4-11,13H,1-3H3,(H,25,28)/b24-13+. The summed E-state index contributed by atoms with van der Waals surface area (Å²) in [7, 11) is 1.54. The van der Waals surface area contributed by atoms with Crippen LogP contribution in [0.25, 0.3) is 5.69 Å². The van der Waals surface area contributed by atoms with Gasteiger partial charge >= 0.3 is 0 Å². The number of hydrogen-bond donors (Lipinski definition) is 1. The number of nitriles is 1. The number of hydrogen-bond acceptors (Lipinski definition) is 6. The molecule has 0 saturated carbocycles. The summed E-state index contributed by atoms with van der Waals surface area (Å²) < 4.78 is 6.30. The molecule has 0 unspecified atom stereocenters. The zero-order valence-electron chi connectivity index (χ0n) is 16.7. The predicted molar refractivity (Wildman–Crippen MR) is 112 cm³/mol. The number of nitrogens with one attached hydrogen (secondary N) is 1. The van der Waals surface area contributed by atoms with E-state index in [0.717, 1.165) is 10.2 Å². The molecule has 0 aliphatic heterocycles. The number of nitrogens with zero attached hydrogens (tertiary/aromatic N) is 4. The SMILES string of the molecule is COc1ccccc1/C=N/NC(=O)c1nn(-c2ccccc2C)c(=O)c(C#N)c1C. The van der Waals surface area contributed by atoms with Crippen LogP contribution >= 0.6 is 0 Å². The summed E-state index contributed by atoms with van der Waals surface area (Å²) in [4.78, 5) is 25.4. The monoisotopic (exact) mass is 401 g/mol. The molecule has 8 nitrogen and oxygen atoms in total. The highest BCUT2D eigenvalue weighted by molar-refractivity contribution is 5.95. The quantitative estimate of drug-likeness (QED) is 0.522. The zero-order valence-corrected chi connectivity index (χ0v) is 16.7. The molecule has 0 radical (unpaired) electrons. The van der Waals surface area contributed by atoms with E-state index in [1.165, 1.54) is 20.2 Å². The summed E-state index contributed by atoms with van der Waals surface area (Å²) in [5.74, 6) is -0.0397. The van der Waals surface area contributed by atoms with Gasteiger partial charge in [-0.15, -0.1) is 0 Å². The van der Waals surface area contributed by atoms with Gasteiger partial charge in [0.1, 0.15) is 17.4 Å². The average Bonchev–Trinajstić information content (AvgIpc) is 2.75. The number of methoxy groups -OCH3 is 1. The molecule has 1 N–H and O–H groups in total. The highest BCUT2D eigenvalue weighted by atomic mass is 16.5. The van der Waals surface area contributed by atoms with Gasteiger partial charge in [-0.1, -0.05) is 30.3 Å². The van der Waals surface area contributed by atoms with Gasteiger partial charge in [0.05, 0.1) is 19.0 Å². The van der Waals surface area contributed by atoms with Gasteiger partial charge in [-0.3, -0.25) is 9.59 Å². The molecule has 0 aliphatic carbocycles. The molecule has 150 valence electrons. The Bertz CT molecular complexity index is 1240. The Hall–Kier alpha value is -4.25. The molecule has 0 bridgehead atoms. The van der Waals surface area contributed by atoms with E-state index >= 15 is 0 Å². The van der Waals surface area contributed by atoms with Gasteiger partial charge in [0.15, 0.2) is 5.69 Å². The molecule has 1 heterocycles. The smallest absolute Gasteiger partial charge is 0.292 e. The fraction of sp³-hybridized carbons (Fsp3) is 0.136. The Morgan fingerprint density at radius 2 is 1.90 bits per heavy atom. The van der Waals surface area contributed by atoms with Gasteiger partial charge in [-0.2, -0.15) is 20.1 Å². The van der Waals surface area contributed by atoms with Crippen LogP contribution in [-0.4, -0.2) is 29.0 Å². The third-order valence-corrected chi connectivity index (χ3v) is 4.52. The fourth-order valence-corrected chi connectivity index (χ4v) is 2.90. The van der Waals surface area contributed by atoms with E-state index in [1.54, 1.807) is 24.3 Å². The van der Waals surface area contributed by atoms with Gasteiger partial charge in [0.25, 0.3) is 11.5 Å². The lowest BCUT2D eigenvalue weighted by Gasteiger charge is -2.12. The van der Waals surface area contributed by atoms with Crippen LogP contribution in [0.1, 0.15) is 32.7 Å². The van der Waals surface area contributed by atoms with E-state index in [1.807, 2.05) is 37.3 Å². The van der Waals surface area contributed by atoms with Crippen LogP contribution in [0.3, 0.4) is 0 Å². The molecule has 0 aliphatic rings. The number of carbonyl (C=O) groups excluding carboxylic acids is 1. The molecule has 0 saturated heterocycles. The van der Waals surface area contributed by atoms with Crippen molar-refractivity contribution in [2.75, 3.05) is 7.11 Å². The molecule has 0 spiro atoms. The lowest BCUT2D eigenvalue weighted by Crippen LogP contribution is -2.31. The maximum atomic E-state index is 12.7. The second-order valence-electron chi connectivity index (χ2n) is 6.40. The third-order valence-electron chi connectivity index (χ3n) is 4.52. The van der Waals surface area contributed by atoms with Crippen molar-refractivity contribution in [3.63, 3.8) is 0 Å². The molecular weight excluding hydrogens is 382 g/mol. The van der Waals surface area contributed by atoms with E-state index in [0.29, 0.717) is 17.0 Å². The number of carbonyl (C=O) groups is 1. The molecule has 8 heteroatoms. The van der Waals surface area contributed by atoms with E-state index in [4.69, 9.17) is 4.74 Å². The number of benzene rings is 2. The molecule has 30 heavy (non-hydrogen) atoms. The van der Waals surface area contributed by atoms with Gasteiger partial charge in [-0.25, -0.2) is 5.43 Å². The molecule has 0 fully saturated rings. The topological polar surface area (TPSA) is 109 Å². The molecule has 2 aromatic carbocycles. The summed E-state index contributed by atoms with van der Waals surface area (Å²) in [6.07, 6.45) is 1.44. The van der Waals surface area contributed by atoms with Gasteiger partial charge < -0.3 is 4.74 Å². The second-order valence-corrected chi connectivity index (χ2v) is 6.40. The van der Waals surface area contributed by atoms with Crippen LogP contribution in [0.15, 0.2) is 58.4 Å². The number of ether oxygens (including phenoxy) is 1. The maximum Gasteiger partial charge on any atom is 0.292 e. The van der Waals surface area contributed by atoms with Crippen molar-refractivity contribution < 1.29 is 9.53 Å². The van der Waals surface area contributed by atoms with Gasteiger partial charge in [0, 0.05) is 11.1 Å². The van der Waals surface area contributed by atoms with Crippen LogP contribution in [-0.2, 0) is 0 Å². The normalized spacial score (nSPS) is 10.6. The van der Waals surface area contributed by atoms with Crippen LogP contribution in [0.2, 0.25) is 0 Å². The third kappa shape index (κ3) is 3.95. The largest absolute Gasteiger partial charge is 0.496 e. The first-order valence-electron chi connectivity index (χ1n) is 9.04. The maximum absolute atomic E-state index is 12.7. The number of hydrazone groups is 1. The molecule has 1 amide bonds. The van der Waals surface area contributed by atoms with Crippen molar-refractivity contribution >= 4 is 12.1 Å². The van der Waals surface area contributed by atoms with Crippen LogP contribution in [0.5, 0.6) is 5.75 Å². The first kappa shape index (κ1) is 20.5. The van der Waals surface area contributed by atoms with E-state index in [9.17, 15) is 14.9 Å². The molecule has 3 rings (SSSR count). The lowest BCUT2D eigenvalue weighted by atomic mass is 10.1. The van der Waals surface area contributed by atoms with Crippen molar-refractivity contribution in [3.8, 4) is 17.5 Å². The van der Waals surface area contributed by atoms with Crippen LogP contribution < -0.4 is 15.7 Å². The van der Waals surface area contributed by atoms with Crippen molar-refractivity contribution in [2.45, 2.75) is 13.8 Å². The fourth-order valence-electron chi connectivity index (χ4n) is 2.90. The summed E-state index contributed by atoms with van der Waals surface area (Å²) >= 11 is 0. The van der Waals surface area contributed by atoms with Gasteiger partial charge in [-0.05, 0) is 37.6 Å². The van der Waals surface area contributed by atoms with Crippen LogP contribution in [0.4, 0.5) is 0 Å². The van der Waals surface area contributed by atoms with Crippen molar-refractivity contribution in [2.24, 2.45) is 5.10 Å². The van der Waals surface area contributed by atoms with Crippen molar-refractivity contribution in [3.05, 3.63) is 86.8 Å². The molecular formula is C22H19N5O3. The van der Waals surface area contributed by atoms with E-state index in [2.05, 4.69) is 15.6 Å². The molecule has 0 atom stereocenters. The summed E-state index contributed by atoms with van der Waals surface area (Å²) in [6.45, 7) is 3.32. The summed E-state index contributed by atoms with van der Waals surface area (Å²) in [5, 5.41) is 17.6. The first-order valence-corrected chi connectivity index (χ1v) is 9.04. The number of amides is 1. The highest BCUT2D eigenvalue weighted by Crippen LogP contribution is 2.15. The van der Waals surface area contributed by atoms with Crippen LogP contribution in [0, 0.1) is 25.2 Å². The lowest BCUT2D eigenvalue weighted by molar-refractivity contribution is 0.0947.